The predicted molar refractivity (Wildman–Crippen MR) is 119 cm³/mol. The van der Waals surface area contributed by atoms with Crippen molar-refractivity contribution in [1.82, 2.24) is 0 Å². The predicted octanol–water partition coefficient (Wildman–Crippen LogP) is 7.49. The van der Waals surface area contributed by atoms with Gasteiger partial charge in [-0.1, -0.05) is 66.7 Å². The Balaban J connectivity index is 1.65. The molecule has 130 valence electrons. The second-order valence-corrected chi connectivity index (χ2v) is 7.78. The number of anilines is 2. The summed E-state index contributed by atoms with van der Waals surface area (Å²) in [7, 11) is 2.12. The van der Waals surface area contributed by atoms with Crippen molar-refractivity contribution in [2.75, 3.05) is 11.9 Å². The highest BCUT2D eigenvalue weighted by atomic mass is 32.1. The number of para-hydroxylation sites is 1. The second kappa shape index (κ2) is 6.57. The van der Waals surface area contributed by atoms with Crippen LogP contribution in [0.15, 0.2) is 97.1 Å². The summed E-state index contributed by atoms with van der Waals surface area (Å²) in [5, 5.41) is 2.69. The molecule has 0 atom stereocenters. The van der Waals surface area contributed by atoms with E-state index in [9.17, 15) is 0 Å². The molecular weight excluding hydrogens is 346 g/mol. The molecule has 1 heterocycles. The van der Waals surface area contributed by atoms with Gasteiger partial charge in [0.15, 0.2) is 0 Å². The van der Waals surface area contributed by atoms with Gasteiger partial charge in [0.05, 0.1) is 0 Å². The zero-order valence-electron chi connectivity index (χ0n) is 15.1. The molecule has 0 amide bonds. The van der Waals surface area contributed by atoms with Gasteiger partial charge in [-0.15, -0.1) is 11.3 Å². The molecule has 2 heteroatoms. The molecule has 0 bridgehead atoms. The molecule has 0 aliphatic rings. The number of nitrogens with zero attached hydrogens (tertiary/aromatic N) is 1. The molecule has 1 aromatic heterocycles. The maximum atomic E-state index is 2.28. The minimum Gasteiger partial charge on any atom is -0.345 e. The molecule has 27 heavy (non-hydrogen) atoms. The zero-order chi connectivity index (χ0) is 18.2. The maximum absolute atomic E-state index is 2.28. The first-order valence-corrected chi connectivity index (χ1v) is 9.92. The minimum absolute atomic E-state index is 1.19. The van der Waals surface area contributed by atoms with Gasteiger partial charge in [-0.3, -0.25) is 0 Å². The van der Waals surface area contributed by atoms with E-state index in [1.165, 1.54) is 42.7 Å². The van der Waals surface area contributed by atoms with Crippen molar-refractivity contribution in [3.05, 3.63) is 97.1 Å². The van der Waals surface area contributed by atoms with Crippen LogP contribution in [-0.2, 0) is 0 Å². The molecule has 0 saturated heterocycles. The van der Waals surface area contributed by atoms with E-state index < -0.39 is 0 Å². The van der Waals surface area contributed by atoms with Crippen molar-refractivity contribution >= 4 is 42.9 Å². The number of thiophene rings is 1. The van der Waals surface area contributed by atoms with Crippen LogP contribution < -0.4 is 4.90 Å². The quantitative estimate of drug-likeness (QED) is 0.320. The first-order chi connectivity index (χ1) is 13.3. The van der Waals surface area contributed by atoms with Crippen LogP contribution in [0, 0.1) is 0 Å². The van der Waals surface area contributed by atoms with Crippen LogP contribution in [0.3, 0.4) is 0 Å². The van der Waals surface area contributed by atoms with Crippen LogP contribution in [-0.4, -0.2) is 7.05 Å². The van der Waals surface area contributed by atoms with Crippen LogP contribution in [0.5, 0.6) is 0 Å². The highest BCUT2D eigenvalue weighted by Gasteiger charge is 2.11. The summed E-state index contributed by atoms with van der Waals surface area (Å²) < 4.78 is 2.70. The maximum Gasteiger partial charge on any atom is 0.0433 e. The lowest BCUT2D eigenvalue weighted by Gasteiger charge is -2.20. The lowest BCUT2D eigenvalue weighted by Crippen LogP contribution is -2.08. The molecule has 5 aromatic rings. The highest BCUT2D eigenvalue weighted by molar-refractivity contribution is 7.26. The number of hydrogen-bond donors (Lipinski definition) is 0. The SMILES string of the molecule is CN(c1ccccc1)c1cccc(-c2cccc3c2sc2ccccc23)c1. The van der Waals surface area contributed by atoms with Gasteiger partial charge in [0.25, 0.3) is 0 Å². The lowest BCUT2D eigenvalue weighted by atomic mass is 10.0. The zero-order valence-corrected chi connectivity index (χ0v) is 15.9. The average Bonchev–Trinajstić information content (AvgIpc) is 3.13. The third-order valence-corrected chi connectivity index (χ3v) is 6.31. The minimum atomic E-state index is 1.19. The molecule has 1 nitrogen and oxygen atoms in total. The summed E-state index contributed by atoms with van der Waals surface area (Å²) in [6, 6.07) is 34.6. The standard InChI is InChI=1S/C25H19NS/c1-26(19-10-3-2-4-11-19)20-12-7-9-18(17-20)21-14-8-15-23-22-13-5-6-16-24(22)27-25(21)23/h2-17H,1H3. The van der Waals surface area contributed by atoms with E-state index in [0.29, 0.717) is 0 Å². The van der Waals surface area contributed by atoms with Gasteiger partial charge in [0.2, 0.25) is 0 Å². The van der Waals surface area contributed by atoms with Crippen LogP contribution in [0.4, 0.5) is 11.4 Å². The van der Waals surface area contributed by atoms with Gasteiger partial charge in [0.1, 0.15) is 0 Å². The summed E-state index contributed by atoms with van der Waals surface area (Å²) >= 11 is 1.88. The third-order valence-electron chi connectivity index (χ3n) is 5.09. The van der Waals surface area contributed by atoms with E-state index in [1.807, 2.05) is 11.3 Å². The van der Waals surface area contributed by atoms with Crippen molar-refractivity contribution in [3.8, 4) is 11.1 Å². The normalized spacial score (nSPS) is 11.1. The largest absolute Gasteiger partial charge is 0.345 e. The van der Waals surface area contributed by atoms with Crippen LogP contribution >= 0.6 is 11.3 Å². The smallest absolute Gasteiger partial charge is 0.0433 e. The summed E-state index contributed by atoms with van der Waals surface area (Å²) in [6.45, 7) is 0. The molecule has 0 unspecified atom stereocenters. The Kier molecular flexibility index (Phi) is 3.92. The molecular formula is C25H19NS. The average molecular weight is 366 g/mol. The molecule has 4 aromatic carbocycles. The van der Waals surface area contributed by atoms with E-state index in [1.54, 1.807) is 0 Å². The fraction of sp³-hybridized carbons (Fsp3) is 0.0400. The Hall–Kier alpha value is -3.10. The van der Waals surface area contributed by atoms with Crippen molar-refractivity contribution in [2.24, 2.45) is 0 Å². The third kappa shape index (κ3) is 2.79. The molecule has 0 saturated carbocycles. The number of fused-ring (bicyclic) bond motifs is 3. The van der Waals surface area contributed by atoms with E-state index in [0.717, 1.165) is 0 Å². The molecule has 5 rings (SSSR count). The van der Waals surface area contributed by atoms with Crippen molar-refractivity contribution in [2.45, 2.75) is 0 Å². The van der Waals surface area contributed by atoms with E-state index in [-0.39, 0.29) is 0 Å². The lowest BCUT2D eigenvalue weighted by molar-refractivity contribution is 1.21. The van der Waals surface area contributed by atoms with E-state index in [4.69, 9.17) is 0 Å². The Morgan fingerprint density at radius 1 is 0.630 bits per heavy atom. The fourth-order valence-electron chi connectivity index (χ4n) is 3.66. The second-order valence-electron chi connectivity index (χ2n) is 6.73. The van der Waals surface area contributed by atoms with Gasteiger partial charge in [-0.2, -0.15) is 0 Å². The van der Waals surface area contributed by atoms with Crippen LogP contribution in [0.2, 0.25) is 0 Å². The van der Waals surface area contributed by atoms with Gasteiger partial charge in [-0.05, 0) is 41.5 Å². The molecule has 0 aliphatic carbocycles. The summed E-state index contributed by atoms with van der Waals surface area (Å²) in [6.07, 6.45) is 0. The van der Waals surface area contributed by atoms with Gasteiger partial charge in [-0.25, -0.2) is 0 Å². The highest BCUT2D eigenvalue weighted by Crippen LogP contribution is 2.40. The van der Waals surface area contributed by atoms with Crippen molar-refractivity contribution < 1.29 is 0 Å². The van der Waals surface area contributed by atoms with Crippen molar-refractivity contribution in [3.63, 3.8) is 0 Å². The van der Waals surface area contributed by atoms with Crippen LogP contribution in [0.1, 0.15) is 0 Å². The number of rotatable bonds is 3. The molecule has 0 aliphatic heterocycles. The van der Waals surface area contributed by atoms with Crippen LogP contribution in [0.25, 0.3) is 31.3 Å². The van der Waals surface area contributed by atoms with Gasteiger partial charge in [0, 0.05) is 38.6 Å². The van der Waals surface area contributed by atoms with Crippen molar-refractivity contribution in [1.29, 1.82) is 0 Å². The molecule has 0 N–H and O–H groups in total. The van der Waals surface area contributed by atoms with E-state index >= 15 is 0 Å². The Morgan fingerprint density at radius 3 is 2.22 bits per heavy atom. The Labute approximate surface area is 163 Å². The van der Waals surface area contributed by atoms with Gasteiger partial charge >= 0.3 is 0 Å². The summed E-state index contributed by atoms with van der Waals surface area (Å²) in [4.78, 5) is 2.23. The Bertz CT molecular complexity index is 1240. The van der Waals surface area contributed by atoms with E-state index in [2.05, 4.69) is 109 Å². The monoisotopic (exact) mass is 365 g/mol. The molecule has 0 radical (unpaired) electrons. The summed E-state index contributed by atoms with van der Waals surface area (Å²) in [5.74, 6) is 0. The Morgan fingerprint density at radius 2 is 1.33 bits per heavy atom. The number of hydrogen-bond acceptors (Lipinski definition) is 2. The fourth-order valence-corrected chi connectivity index (χ4v) is 4.90. The molecule has 0 fully saturated rings. The molecule has 0 spiro atoms. The topological polar surface area (TPSA) is 3.24 Å². The first-order valence-electron chi connectivity index (χ1n) is 9.11. The number of benzene rings is 4. The first kappa shape index (κ1) is 16.1. The van der Waals surface area contributed by atoms with Gasteiger partial charge < -0.3 is 4.90 Å². The summed E-state index contributed by atoms with van der Waals surface area (Å²) in [5.41, 5.74) is 4.94.